The molecule has 2 aromatic carbocycles. The monoisotopic (exact) mass is 385 g/mol. The van der Waals surface area contributed by atoms with Crippen LogP contribution in [0, 0.1) is 5.82 Å². The Morgan fingerprint density at radius 3 is 2.44 bits per heavy atom. The van der Waals surface area contributed by atoms with Crippen molar-refractivity contribution < 1.29 is 37.0 Å². The van der Waals surface area contributed by atoms with E-state index in [1.165, 1.54) is 36.1 Å². The number of halogens is 4. The summed E-state index contributed by atoms with van der Waals surface area (Å²) >= 11 is 0. The quantitative estimate of drug-likeness (QED) is 0.577. The van der Waals surface area contributed by atoms with Crippen LogP contribution in [0.4, 0.5) is 23.2 Å². The fourth-order valence-corrected chi connectivity index (χ4v) is 2.31. The van der Waals surface area contributed by atoms with Crippen LogP contribution in [-0.4, -0.2) is 30.1 Å². The first kappa shape index (κ1) is 20.2. The molecule has 0 heterocycles. The Labute approximate surface area is 151 Å². The van der Waals surface area contributed by atoms with Gasteiger partial charge in [0.1, 0.15) is 22.9 Å². The summed E-state index contributed by atoms with van der Waals surface area (Å²) in [6.45, 7) is 0.579. The molecule has 2 aromatic rings. The largest absolute Gasteiger partial charge is 0.478 e. The van der Waals surface area contributed by atoms with Gasteiger partial charge in [0, 0.05) is 5.69 Å². The van der Waals surface area contributed by atoms with Crippen molar-refractivity contribution in [1.82, 2.24) is 0 Å². The van der Waals surface area contributed by atoms with E-state index >= 15 is 0 Å². The number of hydrogen-bond acceptors (Lipinski definition) is 4. The van der Waals surface area contributed by atoms with Gasteiger partial charge in [0.05, 0.1) is 12.1 Å². The first-order valence-corrected chi connectivity index (χ1v) is 7.65. The van der Waals surface area contributed by atoms with Crippen LogP contribution in [0.5, 0.6) is 5.75 Å². The van der Waals surface area contributed by atoms with Crippen molar-refractivity contribution in [2.75, 3.05) is 18.2 Å². The van der Waals surface area contributed by atoms with Crippen LogP contribution in [0.15, 0.2) is 42.5 Å². The van der Waals surface area contributed by atoms with Crippen molar-refractivity contribution in [2.24, 2.45) is 0 Å². The third kappa shape index (κ3) is 5.44. The predicted molar refractivity (Wildman–Crippen MR) is 88.3 cm³/mol. The third-order valence-corrected chi connectivity index (χ3v) is 3.49. The number of aromatic carboxylic acids is 1. The molecule has 0 bridgehead atoms. The lowest BCUT2D eigenvalue weighted by Gasteiger charge is -2.25. The third-order valence-electron chi connectivity index (χ3n) is 3.49. The Kier molecular flexibility index (Phi) is 6.04. The molecule has 0 radical (unpaired) electrons. The second-order valence-corrected chi connectivity index (χ2v) is 5.67. The minimum absolute atomic E-state index is 0.0567. The molecule has 144 valence electrons. The highest BCUT2D eigenvalue weighted by atomic mass is 19.4. The van der Waals surface area contributed by atoms with Crippen LogP contribution in [-0.2, 0) is 11.0 Å². The van der Waals surface area contributed by atoms with E-state index in [4.69, 9.17) is 9.84 Å². The molecule has 0 amide bonds. The minimum atomic E-state index is -4.83. The summed E-state index contributed by atoms with van der Waals surface area (Å²) in [5, 5.41) is 9.06. The molecule has 2 rings (SSSR count). The molecule has 0 aliphatic heterocycles. The molecule has 0 aromatic heterocycles. The van der Waals surface area contributed by atoms with E-state index in [9.17, 15) is 27.2 Å². The summed E-state index contributed by atoms with van der Waals surface area (Å²) in [4.78, 5) is 23.8. The number of Topliss-reactive ketones (excluding diaryl/α,β-unsaturated/α-hetero) is 1. The zero-order valence-electron chi connectivity index (χ0n) is 14.1. The fourth-order valence-electron chi connectivity index (χ4n) is 2.31. The Hall–Kier alpha value is -3.10. The molecule has 1 N–H and O–H groups in total. The number of carbonyl (C=O) groups excluding carboxylic acids is 1. The Morgan fingerprint density at radius 1 is 1.15 bits per heavy atom. The van der Waals surface area contributed by atoms with Crippen molar-refractivity contribution in [3.63, 3.8) is 0 Å². The molecule has 9 heteroatoms. The highest BCUT2D eigenvalue weighted by Crippen LogP contribution is 2.36. The zero-order valence-corrected chi connectivity index (χ0v) is 14.1. The van der Waals surface area contributed by atoms with Gasteiger partial charge in [-0.1, -0.05) is 6.07 Å². The van der Waals surface area contributed by atoms with Crippen LogP contribution in [0.1, 0.15) is 22.8 Å². The summed E-state index contributed by atoms with van der Waals surface area (Å²) in [5.74, 6) is -3.18. The maximum Gasteiger partial charge on any atom is 0.420 e. The number of carbonyl (C=O) groups is 2. The van der Waals surface area contributed by atoms with Crippen molar-refractivity contribution in [2.45, 2.75) is 13.1 Å². The second kappa shape index (κ2) is 8.07. The molecule has 0 aliphatic rings. The maximum atomic E-state index is 13.2. The van der Waals surface area contributed by atoms with Crippen LogP contribution >= 0.6 is 0 Å². The van der Waals surface area contributed by atoms with Crippen molar-refractivity contribution in [3.8, 4) is 5.75 Å². The van der Waals surface area contributed by atoms with Gasteiger partial charge in [-0.05, 0) is 43.3 Å². The number of anilines is 1. The first-order valence-electron chi connectivity index (χ1n) is 7.65. The molecule has 0 unspecified atom stereocenters. The average Bonchev–Trinajstić information content (AvgIpc) is 2.58. The second-order valence-electron chi connectivity index (χ2n) is 5.67. The van der Waals surface area contributed by atoms with E-state index in [0.717, 1.165) is 12.1 Å². The maximum absolute atomic E-state index is 13.2. The number of carboxylic acid groups (broad SMARTS) is 1. The highest BCUT2D eigenvalue weighted by Gasteiger charge is 2.35. The van der Waals surface area contributed by atoms with Gasteiger partial charge in [-0.2, -0.15) is 13.2 Å². The van der Waals surface area contributed by atoms with E-state index in [-0.39, 0.29) is 23.6 Å². The molecule has 27 heavy (non-hydrogen) atoms. The highest BCUT2D eigenvalue weighted by molar-refractivity contribution is 5.89. The van der Waals surface area contributed by atoms with Crippen LogP contribution in [0.3, 0.4) is 0 Å². The van der Waals surface area contributed by atoms with E-state index < -0.39 is 36.0 Å². The van der Waals surface area contributed by atoms with Gasteiger partial charge in [0.25, 0.3) is 0 Å². The van der Waals surface area contributed by atoms with Gasteiger partial charge in [-0.3, -0.25) is 4.79 Å². The first-order chi connectivity index (χ1) is 12.6. The number of carboxylic acids is 1. The molecule has 5 nitrogen and oxygen atoms in total. The smallest absolute Gasteiger partial charge is 0.420 e. The summed E-state index contributed by atoms with van der Waals surface area (Å²) in [6.07, 6.45) is -4.83. The molecular weight excluding hydrogens is 370 g/mol. The van der Waals surface area contributed by atoms with Crippen LogP contribution in [0.25, 0.3) is 0 Å². The van der Waals surface area contributed by atoms with Gasteiger partial charge >= 0.3 is 12.1 Å². The molecule has 0 spiro atoms. The van der Waals surface area contributed by atoms with Gasteiger partial charge in [-0.15, -0.1) is 0 Å². The number of alkyl halides is 3. The standard InChI is InChI=1S/C18H15F4NO4/c1-11(24)9-23(14-4-2-3-12(7-14)17(25)26)10-27-16-6-5-13(19)8-15(16)18(20,21)22/h2-8H,9-10H2,1H3,(H,25,26). The number of ether oxygens (including phenoxy) is 1. The Balaban J connectivity index is 2.30. The number of benzene rings is 2. The lowest BCUT2D eigenvalue weighted by atomic mass is 10.2. The number of ketones is 1. The summed E-state index contributed by atoms with van der Waals surface area (Å²) in [7, 11) is 0. The SMILES string of the molecule is CC(=O)CN(COc1ccc(F)cc1C(F)(F)F)c1cccc(C(=O)O)c1. The number of hydrogen-bond donors (Lipinski definition) is 1. The average molecular weight is 385 g/mol. The van der Waals surface area contributed by atoms with Gasteiger partial charge in [-0.25, -0.2) is 9.18 Å². The zero-order chi connectivity index (χ0) is 20.2. The normalized spacial score (nSPS) is 11.1. The van der Waals surface area contributed by atoms with Crippen molar-refractivity contribution >= 4 is 17.4 Å². The van der Waals surface area contributed by atoms with E-state index in [1.807, 2.05) is 0 Å². The van der Waals surface area contributed by atoms with Gasteiger partial charge in [0.2, 0.25) is 0 Å². The van der Waals surface area contributed by atoms with Crippen molar-refractivity contribution in [1.29, 1.82) is 0 Å². The number of rotatable bonds is 7. The fraction of sp³-hybridized carbons (Fsp3) is 0.222. The molecule has 0 fully saturated rings. The molecule has 0 aliphatic carbocycles. The van der Waals surface area contributed by atoms with E-state index in [0.29, 0.717) is 6.07 Å². The Morgan fingerprint density at radius 2 is 1.85 bits per heavy atom. The van der Waals surface area contributed by atoms with Crippen LogP contribution in [0.2, 0.25) is 0 Å². The minimum Gasteiger partial charge on any atom is -0.478 e. The van der Waals surface area contributed by atoms with E-state index in [2.05, 4.69) is 0 Å². The van der Waals surface area contributed by atoms with Crippen LogP contribution < -0.4 is 9.64 Å². The molecule has 0 saturated carbocycles. The van der Waals surface area contributed by atoms with Crippen molar-refractivity contribution in [3.05, 3.63) is 59.4 Å². The summed E-state index contributed by atoms with van der Waals surface area (Å²) in [5.41, 5.74) is -1.07. The molecule has 0 saturated heterocycles. The van der Waals surface area contributed by atoms with E-state index in [1.54, 1.807) is 0 Å². The molecular formula is C18H15F4NO4. The lowest BCUT2D eigenvalue weighted by Crippen LogP contribution is -2.33. The number of nitrogens with zero attached hydrogens (tertiary/aromatic N) is 1. The topological polar surface area (TPSA) is 66.8 Å². The summed E-state index contributed by atoms with van der Waals surface area (Å²) < 4.78 is 57.5. The molecule has 0 atom stereocenters. The predicted octanol–water partition coefficient (Wildman–Crippen LogP) is 3.97. The Bertz CT molecular complexity index is 851. The summed E-state index contributed by atoms with van der Waals surface area (Å²) in [6, 6.07) is 7.52. The van der Waals surface area contributed by atoms with Gasteiger partial charge in [0.15, 0.2) is 6.73 Å². The van der Waals surface area contributed by atoms with Gasteiger partial charge < -0.3 is 14.7 Å². The lowest BCUT2D eigenvalue weighted by molar-refractivity contribution is -0.139.